The summed E-state index contributed by atoms with van der Waals surface area (Å²) in [5.41, 5.74) is 3.76. The molecule has 0 unspecified atom stereocenters. The molecule has 1 N–H and O–H groups in total. The Morgan fingerprint density at radius 1 is 0.941 bits per heavy atom. The highest BCUT2D eigenvalue weighted by atomic mass is 32.2. The molecule has 2 aromatic carbocycles. The van der Waals surface area contributed by atoms with Gasteiger partial charge in [0.25, 0.3) is 0 Å². The summed E-state index contributed by atoms with van der Waals surface area (Å²) in [6.07, 6.45) is 3.79. The molecule has 0 bridgehead atoms. The lowest BCUT2D eigenvalue weighted by atomic mass is 10.2. The Balaban J connectivity index is 1.27. The van der Waals surface area contributed by atoms with Crippen molar-refractivity contribution >= 4 is 40.9 Å². The SMILES string of the molecule is Cc1ccc(-n2c(SCC(=O)Nc3ccc(N4CCCC4=O)cc3)nnc2N2CCCC2)cc1. The number of carbonyl (C=O) groups is 2. The van der Waals surface area contributed by atoms with Gasteiger partial charge in [-0.15, -0.1) is 10.2 Å². The van der Waals surface area contributed by atoms with E-state index in [9.17, 15) is 9.59 Å². The van der Waals surface area contributed by atoms with Crippen LogP contribution in [0.5, 0.6) is 0 Å². The van der Waals surface area contributed by atoms with Crippen LogP contribution in [0.25, 0.3) is 5.69 Å². The highest BCUT2D eigenvalue weighted by Crippen LogP contribution is 2.29. The largest absolute Gasteiger partial charge is 0.341 e. The Labute approximate surface area is 203 Å². The maximum absolute atomic E-state index is 12.7. The molecule has 2 aliphatic rings. The number of carbonyl (C=O) groups excluding carboxylic acids is 2. The van der Waals surface area contributed by atoms with Crippen LogP contribution in [0.1, 0.15) is 31.2 Å². The molecular formula is C25H28N6O2S. The monoisotopic (exact) mass is 476 g/mol. The third-order valence-corrected chi connectivity index (χ3v) is 7.09. The van der Waals surface area contributed by atoms with Gasteiger partial charge in [-0.2, -0.15) is 0 Å². The zero-order chi connectivity index (χ0) is 23.5. The molecule has 5 rings (SSSR count). The fourth-order valence-electron chi connectivity index (χ4n) is 4.37. The van der Waals surface area contributed by atoms with Crippen molar-refractivity contribution in [3.05, 3.63) is 54.1 Å². The second-order valence-electron chi connectivity index (χ2n) is 8.68. The first-order valence-electron chi connectivity index (χ1n) is 11.7. The molecule has 1 aromatic heterocycles. The van der Waals surface area contributed by atoms with Gasteiger partial charge in [-0.1, -0.05) is 29.5 Å². The third-order valence-electron chi connectivity index (χ3n) is 6.17. The Kier molecular flexibility index (Phi) is 6.53. The van der Waals surface area contributed by atoms with Crippen LogP contribution in [0, 0.1) is 6.92 Å². The van der Waals surface area contributed by atoms with Gasteiger partial charge in [0.2, 0.25) is 17.8 Å². The number of nitrogens with zero attached hydrogens (tertiary/aromatic N) is 5. The highest BCUT2D eigenvalue weighted by molar-refractivity contribution is 7.99. The number of amides is 2. The number of anilines is 3. The minimum Gasteiger partial charge on any atom is -0.341 e. The molecule has 2 aliphatic heterocycles. The zero-order valence-corrected chi connectivity index (χ0v) is 20.1. The molecule has 0 spiro atoms. The zero-order valence-electron chi connectivity index (χ0n) is 19.2. The molecule has 0 saturated carbocycles. The highest BCUT2D eigenvalue weighted by Gasteiger charge is 2.23. The van der Waals surface area contributed by atoms with Crippen LogP contribution in [0.15, 0.2) is 53.7 Å². The maximum atomic E-state index is 12.7. The number of rotatable bonds is 7. The Morgan fingerprint density at radius 3 is 2.32 bits per heavy atom. The number of aromatic nitrogens is 3. The van der Waals surface area contributed by atoms with Crippen LogP contribution < -0.4 is 15.1 Å². The van der Waals surface area contributed by atoms with E-state index in [1.54, 1.807) is 4.90 Å². The van der Waals surface area contributed by atoms with Crippen molar-refractivity contribution in [3.63, 3.8) is 0 Å². The van der Waals surface area contributed by atoms with E-state index in [-0.39, 0.29) is 17.6 Å². The normalized spacial score (nSPS) is 15.9. The first kappa shape index (κ1) is 22.5. The summed E-state index contributed by atoms with van der Waals surface area (Å²) in [6, 6.07) is 15.7. The van der Waals surface area contributed by atoms with E-state index < -0.39 is 0 Å². The van der Waals surface area contributed by atoms with Crippen molar-refractivity contribution in [2.45, 2.75) is 37.8 Å². The summed E-state index contributed by atoms with van der Waals surface area (Å²) in [7, 11) is 0. The maximum Gasteiger partial charge on any atom is 0.234 e. The molecule has 2 amide bonds. The van der Waals surface area contributed by atoms with Gasteiger partial charge < -0.3 is 15.1 Å². The van der Waals surface area contributed by atoms with Crippen LogP contribution in [-0.2, 0) is 9.59 Å². The smallest absolute Gasteiger partial charge is 0.234 e. The van der Waals surface area contributed by atoms with E-state index in [1.165, 1.54) is 17.3 Å². The summed E-state index contributed by atoms with van der Waals surface area (Å²) < 4.78 is 2.05. The second-order valence-corrected chi connectivity index (χ2v) is 9.62. The Morgan fingerprint density at radius 2 is 1.65 bits per heavy atom. The van der Waals surface area contributed by atoms with Crippen LogP contribution >= 0.6 is 11.8 Å². The van der Waals surface area contributed by atoms with Crippen LogP contribution in [0.4, 0.5) is 17.3 Å². The third kappa shape index (κ3) is 4.79. The average Bonchev–Trinajstić information content (AvgIpc) is 3.60. The van der Waals surface area contributed by atoms with Gasteiger partial charge in [-0.05, 0) is 62.6 Å². The average molecular weight is 477 g/mol. The van der Waals surface area contributed by atoms with Crippen LogP contribution in [-0.4, -0.2) is 52.0 Å². The fourth-order valence-corrected chi connectivity index (χ4v) is 5.12. The summed E-state index contributed by atoms with van der Waals surface area (Å²) in [6.45, 7) is 4.75. The number of hydrogen-bond donors (Lipinski definition) is 1. The first-order chi connectivity index (χ1) is 16.6. The van der Waals surface area contributed by atoms with Crippen molar-refractivity contribution in [2.75, 3.05) is 40.5 Å². The molecule has 8 nitrogen and oxygen atoms in total. The minimum absolute atomic E-state index is 0.115. The van der Waals surface area contributed by atoms with Gasteiger partial charge in [0.05, 0.1) is 11.4 Å². The van der Waals surface area contributed by atoms with Crippen molar-refractivity contribution < 1.29 is 9.59 Å². The van der Waals surface area contributed by atoms with E-state index >= 15 is 0 Å². The molecule has 34 heavy (non-hydrogen) atoms. The van der Waals surface area contributed by atoms with Crippen molar-refractivity contribution in [1.82, 2.24) is 14.8 Å². The van der Waals surface area contributed by atoms with E-state index in [0.29, 0.717) is 17.3 Å². The standard InChI is InChI=1S/C25H28N6O2S/c1-18-6-10-21(11-7-18)31-24(29-14-2-3-15-29)27-28-25(31)34-17-22(32)26-19-8-12-20(13-9-19)30-16-4-5-23(30)33/h6-13H,2-5,14-17H2,1H3,(H,26,32). The molecule has 0 atom stereocenters. The number of nitrogens with one attached hydrogen (secondary N) is 1. The molecule has 3 aromatic rings. The molecule has 0 aliphatic carbocycles. The first-order valence-corrected chi connectivity index (χ1v) is 12.7. The lowest BCUT2D eigenvalue weighted by Gasteiger charge is -2.18. The molecule has 0 radical (unpaired) electrons. The topological polar surface area (TPSA) is 83.4 Å². The number of thioether (sulfide) groups is 1. The predicted molar refractivity (Wildman–Crippen MR) is 135 cm³/mol. The van der Waals surface area contributed by atoms with Crippen molar-refractivity contribution in [3.8, 4) is 5.69 Å². The van der Waals surface area contributed by atoms with E-state index in [4.69, 9.17) is 0 Å². The van der Waals surface area contributed by atoms with Crippen LogP contribution in [0.2, 0.25) is 0 Å². The van der Waals surface area contributed by atoms with Gasteiger partial charge in [-0.25, -0.2) is 0 Å². The summed E-state index contributed by atoms with van der Waals surface area (Å²) in [4.78, 5) is 28.6. The van der Waals surface area contributed by atoms with E-state index in [2.05, 4.69) is 51.6 Å². The summed E-state index contributed by atoms with van der Waals surface area (Å²) in [5, 5.41) is 12.5. The lowest BCUT2D eigenvalue weighted by Crippen LogP contribution is -2.23. The minimum atomic E-state index is -0.115. The van der Waals surface area contributed by atoms with Crippen molar-refractivity contribution in [2.24, 2.45) is 0 Å². The Bertz CT molecular complexity index is 1170. The van der Waals surface area contributed by atoms with Gasteiger partial charge in [0.1, 0.15) is 0 Å². The van der Waals surface area contributed by atoms with Gasteiger partial charge in [0.15, 0.2) is 5.16 Å². The fraction of sp³-hybridized carbons (Fsp3) is 0.360. The lowest BCUT2D eigenvalue weighted by molar-refractivity contribution is -0.117. The van der Waals surface area contributed by atoms with E-state index in [1.807, 2.05) is 28.8 Å². The van der Waals surface area contributed by atoms with Gasteiger partial charge in [-0.3, -0.25) is 14.2 Å². The molecule has 9 heteroatoms. The molecule has 2 fully saturated rings. The Hall–Kier alpha value is -3.33. The number of benzene rings is 2. The molecule has 3 heterocycles. The van der Waals surface area contributed by atoms with Gasteiger partial charge >= 0.3 is 0 Å². The molecule has 2 saturated heterocycles. The van der Waals surface area contributed by atoms with Gasteiger partial charge in [0, 0.05) is 37.4 Å². The molecular weight excluding hydrogens is 448 g/mol. The summed E-state index contributed by atoms with van der Waals surface area (Å²) in [5.74, 6) is 1.09. The summed E-state index contributed by atoms with van der Waals surface area (Å²) >= 11 is 1.37. The van der Waals surface area contributed by atoms with Crippen molar-refractivity contribution in [1.29, 1.82) is 0 Å². The predicted octanol–water partition coefficient (Wildman–Crippen LogP) is 4.03. The number of hydrogen-bond acceptors (Lipinski definition) is 6. The molecule has 176 valence electrons. The number of aryl methyl sites for hydroxylation is 1. The van der Waals surface area contributed by atoms with E-state index in [0.717, 1.165) is 56.2 Å². The quantitative estimate of drug-likeness (QED) is 0.519. The van der Waals surface area contributed by atoms with Crippen LogP contribution in [0.3, 0.4) is 0 Å². The second kappa shape index (κ2) is 9.89.